The molecule has 3 heterocycles. The van der Waals surface area contributed by atoms with Crippen LogP contribution in [0.25, 0.3) is 5.57 Å². The van der Waals surface area contributed by atoms with E-state index in [1.807, 2.05) is 18.6 Å². The number of halogens is 2. The van der Waals surface area contributed by atoms with Crippen LogP contribution in [-0.4, -0.2) is 33.3 Å². The van der Waals surface area contributed by atoms with Crippen molar-refractivity contribution in [3.63, 3.8) is 0 Å². The average Bonchev–Trinajstić information content (AvgIpc) is 3.10. The van der Waals surface area contributed by atoms with E-state index in [1.54, 1.807) is 0 Å². The van der Waals surface area contributed by atoms with Crippen LogP contribution in [0, 0.1) is 5.82 Å². The molecule has 0 spiro atoms. The summed E-state index contributed by atoms with van der Waals surface area (Å²) in [5, 5.41) is 11.2. The largest absolute Gasteiger partial charge is 0.358 e. The van der Waals surface area contributed by atoms with E-state index in [0.29, 0.717) is 0 Å². The summed E-state index contributed by atoms with van der Waals surface area (Å²) in [5.41, 5.74) is 4.31. The summed E-state index contributed by atoms with van der Waals surface area (Å²) in [6.45, 7) is 2.22. The van der Waals surface area contributed by atoms with Gasteiger partial charge in [-0.1, -0.05) is 17.7 Å². The van der Waals surface area contributed by atoms with Gasteiger partial charge in [0.25, 0.3) is 0 Å². The highest BCUT2D eigenvalue weighted by Crippen LogP contribution is 2.37. The first kappa shape index (κ1) is 18.4. The summed E-state index contributed by atoms with van der Waals surface area (Å²) in [6.07, 6.45) is 14.2. The SMILES string of the molecule is CC1C2=C(C=C(Cl)CC2)NC=C2N1C=NN2C1CC=C(c2cc(F)ccn2)CC1. The van der Waals surface area contributed by atoms with Gasteiger partial charge in [0, 0.05) is 23.1 Å². The van der Waals surface area contributed by atoms with Gasteiger partial charge < -0.3 is 10.2 Å². The Morgan fingerprint density at radius 3 is 2.97 bits per heavy atom. The summed E-state index contributed by atoms with van der Waals surface area (Å²) >= 11 is 6.26. The first-order chi connectivity index (χ1) is 14.1. The Labute approximate surface area is 174 Å². The highest BCUT2D eigenvalue weighted by atomic mass is 35.5. The standard InChI is InChI=1S/C22H23ClFN5/c1-14-19-7-4-16(23)10-21(19)26-12-22-28(14)13-27-29(22)18-5-2-15(3-6-18)20-11-17(24)8-9-25-20/h2,8-14,18,26H,3-7H2,1H3. The monoisotopic (exact) mass is 411 g/mol. The lowest BCUT2D eigenvalue weighted by Gasteiger charge is -2.33. The molecule has 2 atom stereocenters. The van der Waals surface area contributed by atoms with Gasteiger partial charge in [0.1, 0.15) is 18.0 Å². The normalized spacial score (nSPS) is 26.2. The van der Waals surface area contributed by atoms with Crippen molar-refractivity contribution in [2.24, 2.45) is 5.10 Å². The van der Waals surface area contributed by atoms with Crippen LogP contribution in [0.2, 0.25) is 0 Å². The van der Waals surface area contributed by atoms with E-state index in [9.17, 15) is 4.39 Å². The number of hydrogen-bond donors (Lipinski definition) is 1. The number of nitrogens with one attached hydrogen (secondary N) is 1. The van der Waals surface area contributed by atoms with Gasteiger partial charge in [-0.3, -0.25) is 4.98 Å². The minimum Gasteiger partial charge on any atom is -0.358 e. The lowest BCUT2D eigenvalue weighted by Crippen LogP contribution is -2.37. The van der Waals surface area contributed by atoms with Gasteiger partial charge in [-0.05, 0) is 68.4 Å². The molecule has 5 nitrogen and oxygen atoms in total. The van der Waals surface area contributed by atoms with Crippen molar-refractivity contribution in [1.82, 2.24) is 20.2 Å². The number of pyridine rings is 1. The summed E-state index contributed by atoms with van der Waals surface area (Å²) in [5.74, 6) is 0.814. The van der Waals surface area contributed by atoms with Crippen molar-refractivity contribution in [1.29, 1.82) is 0 Å². The van der Waals surface area contributed by atoms with Gasteiger partial charge in [-0.2, -0.15) is 5.10 Å². The topological polar surface area (TPSA) is 43.8 Å². The fraction of sp³-hybridized carbons (Fsp3) is 0.364. The van der Waals surface area contributed by atoms with Gasteiger partial charge in [0.2, 0.25) is 0 Å². The van der Waals surface area contributed by atoms with Gasteiger partial charge in [0.15, 0.2) is 0 Å². The maximum absolute atomic E-state index is 13.5. The number of aromatic nitrogens is 1. The Morgan fingerprint density at radius 1 is 1.28 bits per heavy atom. The van der Waals surface area contributed by atoms with Crippen LogP contribution in [0.15, 0.2) is 63.9 Å². The molecule has 7 heteroatoms. The van der Waals surface area contributed by atoms with Crippen LogP contribution in [0.3, 0.4) is 0 Å². The Bertz CT molecular complexity index is 993. The molecule has 2 unspecified atom stereocenters. The van der Waals surface area contributed by atoms with E-state index < -0.39 is 0 Å². The molecule has 0 saturated heterocycles. The van der Waals surface area contributed by atoms with E-state index >= 15 is 0 Å². The van der Waals surface area contributed by atoms with Gasteiger partial charge in [-0.15, -0.1) is 0 Å². The fourth-order valence-corrected chi connectivity index (χ4v) is 4.72. The third-order valence-corrected chi connectivity index (χ3v) is 6.44. The highest BCUT2D eigenvalue weighted by molar-refractivity contribution is 6.29. The van der Waals surface area contributed by atoms with Crippen molar-refractivity contribution in [2.75, 3.05) is 0 Å². The minimum absolute atomic E-state index is 0.229. The second-order valence-corrected chi connectivity index (χ2v) is 8.34. The van der Waals surface area contributed by atoms with Crippen LogP contribution in [0.5, 0.6) is 0 Å². The van der Waals surface area contributed by atoms with Crippen molar-refractivity contribution in [3.05, 3.63) is 70.3 Å². The Hall–Kier alpha value is -2.60. The predicted octanol–water partition coefficient (Wildman–Crippen LogP) is 4.68. The second-order valence-electron chi connectivity index (χ2n) is 7.85. The maximum Gasteiger partial charge on any atom is 0.147 e. The Morgan fingerprint density at radius 2 is 2.17 bits per heavy atom. The van der Waals surface area contributed by atoms with E-state index in [2.05, 4.69) is 33.2 Å². The molecule has 0 amide bonds. The van der Waals surface area contributed by atoms with E-state index in [-0.39, 0.29) is 17.9 Å². The highest BCUT2D eigenvalue weighted by Gasteiger charge is 2.35. The van der Waals surface area contributed by atoms with E-state index in [4.69, 9.17) is 16.7 Å². The molecule has 5 rings (SSSR count). The molecular formula is C22H23ClFN5. The predicted molar refractivity (Wildman–Crippen MR) is 113 cm³/mol. The first-order valence-corrected chi connectivity index (χ1v) is 10.5. The average molecular weight is 412 g/mol. The number of hydrogen-bond acceptors (Lipinski definition) is 5. The van der Waals surface area contributed by atoms with Gasteiger partial charge in [-0.25, -0.2) is 9.40 Å². The zero-order chi connectivity index (χ0) is 20.0. The van der Waals surface area contributed by atoms with Crippen molar-refractivity contribution >= 4 is 23.5 Å². The van der Waals surface area contributed by atoms with Crippen LogP contribution < -0.4 is 5.32 Å². The van der Waals surface area contributed by atoms with E-state index in [1.165, 1.54) is 23.9 Å². The molecule has 150 valence electrons. The van der Waals surface area contributed by atoms with Gasteiger partial charge in [0.05, 0.1) is 17.8 Å². The summed E-state index contributed by atoms with van der Waals surface area (Å²) in [6, 6.07) is 3.39. The third kappa shape index (κ3) is 3.35. The zero-order valence-electron chi connectivity index (χ0n) is 16.3. The Kier molecular flexibility index (Phi) is 4.66. The fourth-order valence-electron chi connectivity index (χ4n) is 4.51. The van der Waals surface area contributed by atoms with Crippen LogP contribution in [-0.2, 0) is 0 Å². The molecule has 0 aromatic carbocycles. The molecule has 29 heavy (non-hydrogen) atoms. The second kappa shape index (κ2) is 7.34. The molecule has 0 radical (unpaired) electrons. The zero-order valence-corrected chi connectivity index (χ0v) is 17.0. The van der Waals surface area contributed by atoms with Crippen molar-refractivity contribution in [3.8, 4) is 0 Å². The van der Waals surface area contributed by atoms with Crippen LogP contribution in [0.1, 0.15) is 44.7 Å². The molecule has 0 bridgehead atoms. The molecule has 0 saturated carbocycles. The molecule has 4 aliphatic rings. The summed E-state index contributed by atoms with van der Waals surface area (Å²) < 4.78 is 13.5. The molecule has 1 N–H and O–H groups in total. The number of fused-ring (bicyclic) bond motifs is 1. The van der Waals surface area contributed by atoms with Crippen molar-refractivity contribution in [2.45, 2.75) is 51.1 Å². The maximum atomic E-state index is 13.5. The number of nitrogens with zero attached hydrogens (tertiary/aromatic N) is 4. The smallest absolute Gasteiger partial charge is 0.147 e. The Balaban J connectivity index is 1.35. The number of hydrazone groups is 1. The molecule has 2 aliphatic carbocycles. The third-order valence-electron chi connectivity index (χ3n) is 6.14. The minimum atomic E-state index is -0.243. The molecular weight excluding hydrogens is 389 g/mol. The van der Waals surface area contributed by atoms with Crippen LogP contribution >= 0.6 is 11.6 Å². The molecule has 1 aromatic rings. The summed E-state index contributed by atoms with van der Waals surface area (Å²) in [4.78, 5) is 6.55. The number of allylic oxidation sites excluding steroid dienone is 3. The first-order valence-electron chi connectivity index (χ1n) is 10.1. The van der Waals surface area contributed by atoms with Gasteiger partial charge >= 0.3 is 0 Å². The van der Waals surface area contributed by atoms with E-state index in [0.717, 1.165) is 59.9 Å². The summed E-state index contributed by atoms with van der Waals surface area (Å²) in [7, 11) is 0. The molecule has 0 fully saturated rings. The molecule has 1 aromatic heterocycles. The van der Waals surface area contributed by atoms with Crippen molar-refractivity contribution < 1.29 is 4.39 Å². The van der Waals surface area contributed by atoms with Crippen LogP contribution in [0.4, 0.5) is 4.39 Å². The lowest BCUT2D eigenvalue weighted by molar-refractivity contribution is 0.218. The lowest BCUT2D eigenvalue weighted by atomic mass is 9.92. The quantitative estimate of drug-likeness (QED) is 0.767. The molecule has 2 aliphatic heterocycles. The number of rotatable bonds is 2.